The smallest absolute Gasteiger partial charge is 0.245 e. The highest BCUT2D eigenvalue weighted by atomic mass is 32.2. The summed E-state index contributed by atoms with van der Waals surface area (Å²) in [6.07, 6.45) is 4.50. The van der Waals surface area contributed by atoms with Crippen LogP contribution >= 0.6 is 0 Å². The fourth-order valence-electron chi connectivity index (χ4n) is 2.93. The minimum Gasteiger partial charge on any atom is -0.336 e. The fourth-order valence-corrected chi connectivity index (χ4v) is 4.08. The maximum atomic E-state index is 12.9. The number of para-hydroxylation sites is 1. The van der Waals surface area contributed by atoms with Crippen molar-refractivity contribution in [2.24, 2.45) is 0 Å². The molecule has 3 rings (SSSR count). The van der Waals surface area contributed by atoms with Crippen molar-refractivity contribution in [3.63, 3.8) is 0 Å². The zero-order valence-electron chi connectivity index (χ0n) is 13.1. The highest BCUT2D eigenvalue weighted by Crippen LogP contribution is 2.32. The zero-order valence-corrected chi connectivity index (χ0v) is 13.9. The molecule has 0 unspecified atom stereocenters. The maximum absolute atomic E-state index is 12.9. The maximum Gasteiger partial charge on any atom is 0.245 e. The molecule has 2 heterocycles. The number of aromatic nitrogens is 2. The van der Waals surface area contributed by atoms with Crippen molar-refractivity contribution >= 4 is 21.4 Å². The summed E-state index contributed by atoms with van der Waals surface area (Å²) in [5.41, 5.74) is 1.87. The number of benzene rings is 1. The molecule has 1 aliphatic rings. The van der Waals surface area contributed by atoms with Gasteiger partial charge in [-0.2, -0.15) is 0 Å². The van der Waals surface area contributed by atoms with Gasteiger partial charge >= 0.3 is 0 Å². The van der Waals surface area contributed by atoms with E-state index in [0.29, 0.717) is 0 Å². The monoisotopic (exact) mass is 333 g/mol. The van der Waals surface area contributed by atoms with Crippen LogP contribution in [0.1, 0.15) is 25.8 Å². The van der Waals surface area contributed by atoms with E-state index in [1.54, 1.807) is 4.90 Å². The van der Waals surface area contributed by atoms with Gasteiger partial charge in [0.1, 0.15) is 5.25 Å². The number of imidazole rings is 1. The van der Waals surface area contributed by atoms with Gasteiger partial charge < -0.3 is 9.88 Å². The molecule has 0 spiro atoms. The average Bonchev–Trinajstić information content (AvgIpc) is 3.08. The Morgan fingerprint density at radius 1 is 1.39 bits per heavy atom. The molecule has 6 nitrogen and oxygen atoms in total. The van der Waals surface area contributed by atoms with Crippen LogP contribution in [-0.4, -0.2) is 35.6 Å². The molecule has 0 aliphatic carbocycles. The van der Waals surface area contributed by atoms with E-state index in [0.717, 1.165) is 24.1 Å². The van der Waals surface area contributed by atoms with Gasteiger partial charge in [-0.05, 0) is 38.3 Å². The fraction of sp³-hybridized carbons (Fsp3) is 0.375. The van der Waals surface area contributed by atoms with Gasteiger partial charge in [0.2, 0.25) is 20.9 Å². The van der Waals surface area contributed by atoms with E-state index in [1.165, 1.54) is 19.3 Å². The average molecular weight is 333 g/mol. The number of carbonyl (C=O) groups is 1. The van der Waals surface area contributed by atoms with Crippen LogP contribution in [0.15, 0.2) is 41.8 Å². The quantitative estimate of drug-likeness (QED) is 0.930. The Kier molecular flexibility index (Phi) is 3.97. The van der Waals surface area contributed by atoms with Gasteiger partial charge in [0.25, 0.3) is 0 Å². The number of rotatable bonds is 3. The van der Waals surface area contributed by atoms with Crippen molar-refractivity contribution < 1.29 is 13.2 Å². The number of sulfone groups is 1. The SMILES string of the molecule is C[C@H](C(=O)N1c2ccccc2CC[C@@H]1C)S(=O)(=O)c1ncc[nH]1. The van der Waals surface area contributed by atoms with Gasteiger partial charge in [0.15, 0.2) is 0 Å². The lowest BCUT2D eigenvalue weighted by molar-refractivity contribution is -0.118. The number of hydrogen-bond donors (Lipinski definition) is 1. The van der Waals surface area contributed by atoms with Crippen molar-refractivity contribution in [2.45, 2.75) is 43.1 Å². The van der Waals surface area contributed by atoms with Crippen molar-refractivity contribution in [2.75, 3.05) is 4.90 Å². The molecule has 1 aromatic heterocycles. The Labute approximate surface area is 135 Å². The summed E-state index contributed by atoms with van der Waals surface area (Å²) >= 11 is 0. The number of aromatic amines is 1. The summed E-state index contributed by atoms with van der Waals surface area (Å²) in [5, 5.41) is -1.36. The molecule has 0 fully saturated rings. The summed E-state index contributed by atoms with van der Waals surface area (Å²) in [6, 6.07) is 7.61. The molecule has 1 aliphatic heterocycles. The van der Waals surface area contributed by atoms with E-state index in [-0.39, 0.29) is 11.2 Å². The number of fused-ring (bicyclic) bond motifs is 1. The van der Waals surface area contributed by atoms with E-state index in [2.05, 4.69) is 9.97 Å². The number of carbonyl (C=O) groups excluding carboxylic acids is 1. The molecule has 0 saturated carbocycles. The highest BCUT2D eigenvalue weighted by molar-refractivity contribution is 7.92. The number of nitrogens with one attached hydrogen (secondary N) is 1. The second-order valence-electron chi connectivity index (χ2n) is 5.81. The summed E-state index contributed by atoms with van der Waals surface area (Å²) < 4.78 is 25.1. The minimum absolute atomic E-state index is 0.0355. The summed E-state index contributed by atoms with van der Waals surface area (Å²) in [6.45, 7) is 3.37. The minimum atomic E-state index is -3.83. The molecule has 0 bridgehead atoms. The Balaban J connectivity index is 1.97. The first-order valence-electron chi connectivity index (χ1n) is 7.57. The molecule has 1 amide bonds. The van der Waals surface area contributed by atoms with Crippen molar-refractivity contribution in [1.82, 2.24) is 9.97 Å². The molecule has 23 heavy (non-hydrogen) atoms. The van der Waals surface area contributed by atoms with E-state index in [1.807, 2.05) is 31.2 Å². The van der Waals surface area contributed by atoms with Crippen LogP contribution in [0.3, 0.4) is 0 Å². The number of nitrogens with zero attached hydrogens (tertiary/aromatic N) is 2. The molecule has 0 saturated heterocycles. The Morgan fingerprint density at radius 2 is 2.13 bits per heavy atom. The summed E-state index contributed by atoms with van der Waals surface area (Å²) in [7, 11) is -3.83. The molecule has 7 heteroatoms. The summed E-state index contributed by atoms with van der Waals surface area (Å²) in [4.78, 5) is 20.9. The number of amides is 1. The normalized spacial score (nSPS) is 19.2. The molecule has 2 atom stereocenters. The highest BCUT2D eigenvalue weighted by Gasteiger charge is 2.38. The Hall–Kier alpha value is -2.15. The predicted molar refractivity (Wildman–Crippen MR) is 86.9 cm³/mol. The standard InChI is InChI=1S/C16H19N3O3S/c1-11-7-8-13-5-3-4-6-14(13)19(11)15(20)12(2)23(21,22)16-17-9-10-18-16/h3-6,9-12H,7-8H2,1-2H3,(H,17,18)/t11-,12+/m0/s1. The van der Waals surface area contributed by atoms with Gasteiger partial charge in [-0.15, -0.1) is 0 Å². The lowest BCUT2D eigenvalue weighted by Gasteiger charge is -2.36. The molecule has 122 valence electrons. The van der Waals surface area contributed by atoms with Gasteiger partial charge in [-0.1, -0.05) is 18.2 Å². The molecule has 2 aromatic rings. The number of aryl methyl sites for hydroxylation is 1. The predicted octanol–water partition coefficient (Wildman–Crippen LogP) is 1.94. The topological polar surface area (TPSA) is 83.1 Å². The number of anilines is 1. The Morgan fingerprint density at radius 3 is 2.83 bits per heavy atom. The lowest BCUT2D eigenvalue weighted by Crippen LogP contribution is -2.48. The molecule has 1 N–H and O–H groups in total. The first kappa shape index (κ1) is 15.7. The molecular weight excluding hydrogens is 314 g/mol. The van der Waals surface area contributed by atoms with E-state index < -0.39 is 21.0 Å². The van der Waals surface area contributed by atoms with Crippen LogP contribution in [0.5, 0.6) is 0 Å². The molecule has 0 radical (unpaired) electrons. The second-order valence-corrected chi connectivity index (χ2v) is 7.99. The van der Waals surface area contributed by atoms with Crippen LogP contribution < -0.4 is 4.90 Å². The van der Waals surface area contributed by atoms with E-state index in [4.69, 9.17) is 0 Å². The lowest BCUT2D eigenvalue weighted by atomic mass is 9.96. The van der Waals surface area contributed by atoms with Crippen LogP contribution in [0.2, 0.25) is 0 Å². The van der Waals surface area contributed by atoms with Gasteiger partial charge in [-0.25, -0.2) is 13.4 Å². The Bertz CT molecular complexity index is 815. The van der Waals surface area contributed by atoms with Gasteiger partial charge in [-0.3, -0.25) is 4.79 Å². The third-order valence-corrected chi connectivity index (χ3v) is 6.21. The third kappa shape index (κ3) is 2.65. The van der Waals surface area contributed by atoms with Crippen molar-refractivity contribution in [3.8, 4) is 0 Å². The van der Waals surface area contributed by atoms with Crippen molar-refractivity contribution in [3.05, 3.63) is 42.2 Å². The third-order valence-electron chi connectivity index (χ3n) is 4.32. The summed E-state index contributed by atoms with van der Waals surface area (Å²) in [5.74, 6) is -0.416. The van der Waals surface area contributed by atoms with E-state index in [9.17, 15) is 13.2 Å². The van der Waals surface area contributed by atoms with Crippen LogP contribution in [0.25, 0.3) is 0 Å². The molecular formula is C16H19N3O3S. The zero-order chi connectivity index (χ0) is 16.6. The van der Waals surface area contributed by atoms with Gasteiger partial charge in [0.05, 0.1) is 0 Å². The van der Waals surface area contributed by atoms with Crippen LogP contribution in [0.4, 0.5) is 5.69 Å². The van der Waals surface area contributed by atoms with Crippen molar-refractivity contribution in [1.29, 1.82) is 0 Å². The van der Waals surface area contributed by atoms with Crippen LogP contribution in [0, 0.1) is 0 Å². The number of hydrogen-bond acceptors (Lipinski definition) is 4. The first-order valence-corrected chi connectivity index (χ1v) is 9.12. The molecule has 1 aromatic carbocycles. The van der Waals surface area contributed by atoms with E-state index >= 15 is 0 Å². The van der Waals surface area contributed by atoms with Gasteiger partial charge in [0, 0.05) is 24.1 Å². The largest absolute Gasteiger partial charge is 0.336 e. The van der Waals surface area contributed by atoms with Crippen LogP contribution in [-0.2, 0) is 21.1 Å². The second kappa shape index (κ2) is 5.81. The number of H-pyrrole nitrogens is 1. The first-order chi connectivity index (χ1) is 10.9.